The second-order valence-corrected chi connectivity index (χ2v) is 17.8. The van der Waals surface area contributed by atoms with Gasteiger partial charge < -0.3 is 4.90 Å². The van der Waals surface area contributed by atoms with Gasteiger partial charge in [0.15, 0.2) is 186 Å². The average Bonchev–Trinajstić information content (AvgIpc) is 0.773. The van der Waals surface area contributed by atoms with Crippen molar-refractivity contribution >= 4 is 5.69 Å². The molecule has 0 bridgehead atoms. The topological polar surface area (TPSA) is 3.24 Å². The Kier molecular flexibility index (Phi) is 23.7. The minimum atomic E-state index is -2.68. The molecule has 0 N–H and O–H groups in total. The summed E-state index contributed by atoms with van der Waals surface area (Å²) in [5, 5.41) is 0. The highest BCUT2D eigenvalue weighted by Gasteiger charge is 2.39. The number of nitrogens with zero attached hydrogens (tertiary/aromatic N) is 1. The predicted molar refractivity (Wildman–Crippen MR) is 247 cm³/mol. The van der Waals surface area contributed by atoms with E-state index in [4.69, 9.17) is 0 Å². The van der Waals surface area contributed by atoms with Crippen LogP contribution in [0.2, 0.25) is 0 Å². The van der Waals surface area contributed by atoms with Crippen LogP contribution in [0.5, 0.6) is 0 Å². The first-order chi connectivity index (χ1) is 44.7. The van der Waals surface area contributed by atoms with Crippen LogP contribution in [0.15, 0.2) is 30.3 Å². The van der Waals surface area contributed by atoms with E-state index in [1.165, 1.54) is 5.69 Å². The van der Waals surface area contributed by atoms with Crippen LogP contribution in [0.25, 0.3) is 44.5 Å². The third-order valence-electron chi connectivity index (χ3n) is 12.0. The van der Waals surface area contributed by atoms with Gasteiger partial charge in [0.05, 0.1) is 44.5 Å². The second kappa shape index (κ2) is 29.5. The molecule has 97 heavy (non-hydrogen) atoms. The molecule has 9 rings (SSSR count). The van der Waals surface area contributed by atoms with Gasteiger partial charge in [-0.1, -0.05) is 18.2 Å². The highest BCUT2D eigenvalue weighted by molar-refractivity contribution is 5.70. The summed E-state index contributed by atoms with van der Waals surface area (Å²) < 4.78 is 525. The van der Waals surface area contributed by atoms with E-state index in [0.717, 1.165) is 0 Å². The molecule has 0 radical (unpaired) electrons. The maximum atomic E-state index is 13.4. The van der Waals surface area contributed by atoms with Crippen molar-refractivity contribution in [2.45, 2.75) is 0 Å². The number of halogens is 40. The van der Waals surface area contributed by atoms with E-state index >= 15 is 0 Å². The lowest BCUT2D eigenvalue weighted by atomic mass is 10.0. The van der Waals surface area contributed by atoms with Gasteiger partial charge in [-0.25, -0.2) is 176 Å². The van der Waals surface area contributed by atoms with Crippen LogP contribution < -0.4 is 4.90 Å². The van der Waals surface area contributed by atoms with Crippen LogP contribution in [-0.4, -0.2) is 14.1 Å². The summed E-state index contributed by atoms with van der Waals surface area (Å²) in [5.74, 6) is -107. The Labute approximate surface area is 507 Å². The highest BCUT2D eigenvalue weighted by atomic mass is 19.2. The molecule has 0 aliphatic rings. The fraction of sp³-hybridized carbons (Fsp3) is 0.0357. The largest absolute Gasteiger partial charge is 0.378 e. The molecule has 0 aliphatic heterocycles. The molecule has 520 valence electrons. The van der Waals surface area contributed by atoms with Crippen molar-refractivity contribution in [1.82, 2.24) is 0 Å². The SMILES string of the molecule is CN(C)c1ccccc1.Fc1c(F)c(F)c(-c2c(F)c(F)c(F)c(F)c2F)c(F)c1F.Fc1c(F)c(F)c(-c2c(F)c(F)c(F)c(F)c2F)c(F)c1F.Fc1c(F)c(F)c(-c2c(F)c(F)c(F)c(F)c2F)c(F)c1F.Fc1c(F)c(F)c(-c2c(F)c(F)c(F)c(F)c2F)c(F)c1F. The van der Waals surface area contributed by atoms with E-state index in [-0.39, 0.29) is 0 Å². The van der Waals surface area contributed by atoms with Crippen molar-refractivity contribution in [3.63, 3.8) is 0 Å². The third-order valence-corrected chi connectivity index (χ3v) is 12.0. The van der Waals surface area contributed by atoms with Crippen LogP contribution in [0.4, 0.5) is 181 Å². The molecule has 0 saturated heterocycles. The summed E-state index contributed by atoms with van der Waals surface area (Å²) in [6.07, 6.45) is 0. The van der Waals surface area contributed by atoms with Gasteiger partial charge in [-0.05, 0) is 12.1 Å². The van der Waals surface area contributed by atoms with Crippen molar-refractivity contribution in [2.24, 2.45) is 0 Å². The zero-order chi connectivity index (χ0) is 74.4. The fourth-order valence-corrected chi connectivity index (χ4v) is 7.32. The standard InChI is InChI=1S/4C12F10.C8H11N/c4*13-3-1(4(14)8(18)11(21)7(3)17)2-5(15)9(19)12(22)10(20)6(2)16;1-9(2)8-6-4-3-5-7-8/h;;;;3-7H,1-2H3. The van der Waals surface area contributed by atoms with Crippen molar-refractivity contribution < 1.29 is 176 Å². The lowest BCUT2D eigenvalue weighted by molar-refractivity contribution is 0.370. The van der Waals surface area contributed by atoms with Gasteiger partial charge >= 0.3 is 0 Å². The number of anilines is 1. The fourth-order valence-electron chi connectivity index (χ4n) is 7.32. The quantitative estimate of drug-likeness (QED) is 0.0943. The molecule has 0 aliphatic carbocycles. The molecule has 0 saturated carbocycles. The first-order valence-corrected chi connectivity index (χ1v) is 23.6. The maximum Gasteiger partial charge on any atom is 0.200 e. The number of rotatable bonds is 5. The molecule has 41 heteroatoms. The van der Waals surface area contributed by atoms with Crippen molar-refractivity contribution in [1.29, 1.82) is 0 Å². The van der Waals surface area contributed by atoms with Gasteiger partial charge in [0.2, 0.25) is 46.5 Å². The number of hydrogen-bond acceptors (Lipinski definition) is 1. The summed E-state index contributed by atoms with van der Waals surface area (Å²) in [7, 11) is 4.07. The maximum absolute atomic E-state index is 13.4. The van der Waals surface area contributed by atoms with Crippen LogP contribution in [0, 0.1) is 233 Å². The molecule has 9 aromatic carbocycles. The summed E-state index contributed by atoms with van der Waals surface area (Å²) >= 11 is 0. The molecule has 9 aromatic rings. The zero-order valence-corrected chi connectivity index (χ0v) is 45.0. The van der Waals surface area contributed by atoms with E-state index in [1.54, 1.807) is 0 Å². The summed E-state index contributed by atoms with van der Waals surface area (Å²) in [6, 6.07) is 10.3. The second-order valence-electron chi connectivity index (χ2n) is 17.8. The monoisotopic (exact) mass is 1460 g/mol. The Hall–Kier alpha value is -10.0. The van der Waals surface area contributed by atoms with Gasteiger partial charge in [0, 0.05) is 19.8 Å². The average molecular weight is 1460 g/mol. The summed E-state index contributed by atoms with van der Waals surface area (Å²) in [4.78, 5) is 2.08. The van der Waals surface area contributed by atoms with Gasteiger partial charge in [-0.15, -0.1) is 0 Å². The Balaban J connectivity index is 0.000000224. The first-order valence-electron chi connectivity index (χ1n) is 23.6. The van der Waals surface area contributed by atoms with Crippen LogP contribution in [-0.2, 0) is 0 Å². The molecule has 0 heterocycles. The van der Waals surface area contributed by atoms with E-state index in [9.17, 15) is 176 Å². The molecule has 1 nitrogen and oxygen atoms in total. The van der Waals surface area contributed by atoms with Crippen LogP contribution in [0.3, 0.4) is 0 Å². The Morgan fingerprint density at radius 3 is 0.289 bits per heavy atom. The first kappa shape index (κ1) is 77.7. The smallest absolute Gasteiger partial charge is 0.200 e. The van der Waals surface area contributed by atoms with E-state index in [1.807, 2.05) is 32.3 Å². The number of benzene rings is 9. The zero-order valence-electron chi connectivity index (χ0n) is 45.0. The van der Waals surface area contributed by atoms with Crippen molar-refractivity contribution in [3.8, 4) is 44.5 Å². The minimum absolute atomic E-state index is 1.25. The third kappa shape index (κ3) is 13.8. The van der Waals surface area contributed by atoms with Gasteiger partial charge in [0.25, 0.3) is 0 Å². The molecule has 0 atom stereocenters. The van der Waals surface area contributed by atoms with Crippen LogP contribution >= 0.6 is 0 Å². The summed E-state index contributed by atoms with van der Waals surface area (Å²) in [5.41, 5.74) is -16.8. The molecule has 0 unspecified atom stereocenters. The van der Waals surface area contributed by atoms with Gasteiger partial charge in [0.1, 0.15) is 0 Å². The Bertz CT molecular complexity index is 3620. The summed E-state index contributed by atoms with van der Waals surface area (Å²) in [6.45, 7) is 0. The minimum Gasteiger partial charge on any atom is -0.378 e. The molecule has 0 amide bonds. The lowest BCUT2D eigenvalue weighted by Crippen LogP contribution is -2.10. The molecular weight excluding hydrogens is 1450 g/mol. The van der Waals surface area contributed by atoms with Crippen molar-refractivity contribution in [2.75, 3.05) is 19.0 Å². The normalized spacial score (nSPS) is 11.0. The van der Waals surface area contributed by atoms with Crippen molar-refractivity contribution in [3.05, 3.63) is 263 Å². The van der Waals surface area contributed by atoms with E-state index in [0.29, 0.717) is 0 Å². The van der Waals surface area contributed by atoms with Crippen LogP contribution in [0.1, 0.15) is 0 Å². The highest BCUT2D eigenvalue weighted by Crippen LogP contribution is 2.42. The lowest BCUT2D eigenvalue weighted by Gasteiger charge is -2.11. The Morgan fingerprint density at radius 1 is 0.134 bits per heavy atom. The van der Waals surface area contributed by atoms with Gasteiger partial charge in [-0.3, -0.25) is 0 Å². The van der Waals surface area contributed by atoms with Gasteiger partial charge in [-0.2, -0.15) is 0 Å². The molecular formula is C56H11F40N. The Morgan fingerprint density at radius 2 is 0.216 bits per heavy atom. The molecule has 0 aromatic heterocycles. The van der Waals surface area contributed by atoms with E-state index in [2.05, 4.69) is 17.0 Å². The molecule has 0 spiro atoms. The number of para-hydroxylation sites is 1. The molecule has 0 fully saturated rings. The number of hydrogen-bond donors (Lipinski definition) is 0. The predicted octanol–water partition coefficient (Wildman–Crippen LogP) is 20.7. The van der Waals surface area contributed by atoms with E-state index < -0.39 is 277 Å².